The van der Waals surface area contributed by atoms with Crippen LogP contribution >= 0.6 is 0 Å². The second-order valence-electron chi connectivity index (χ2n) is 9.47. The molecule has 1 aromatic carbocycles. The zero-order valence-electron chi connectivity index (χ0n) is 18.0. The van der Waals surface area contributed by atoms with Gasteiger partial charge in [-0.15, -0.1) is 0 Å². The molecule has 178 valence electrons. The highest BCUT2D eigenvalue weighted by atomic mass is 16.7. The second-order valence-corrected chi connectivity index (χ2v) is 9.47. The van der Waals surface area contributed by atoms with E-state index < -0.39 is 48.9 Å². The van der Waals surface area contributed by atoms with Crippen LogP contribution in [0.5, 0.6) is 11.5 Å². The van der Waals surface area contributed by atoms with Crippen molar-refractivity contribution in [1.29, 1.82) is 0 Å². The number of benzene rings is 1. The van der Waals surface area contributed by atoms with Gasteiger partial charge in [0.15, 0.2) is 23.9 Å². The summed E-state index contributed by atoms with van der Waals surface area (Å²) in [5.41, 5.74) is 1.97. The Morgan fingerprint density at radius 2 is 2.00 bits per heavy atom. The third-order valence-corrected chi connectivity index (χ3v) is 7.97. The maximum Gasteiger partial charge on any atom is 0.335 e. The largest absolute Gasteiger partial charge is 0.493 e. The van der Waals surface area contributed by atoms with Gasteiger partial charge < -0.3 is 44.7 Å². The molecule has 5 aliphatic rings. The van der Waals surface area contributed by atoms with Crippen LogP contribution in [0, 0.1) is 5.92 Å². The predicted octanol–water partition coefficient (Wildman–Crippen LogP) is -0.925. The van der Waals surface area contributed by atoms with E-state index in [-0.39, 0.29) is 17.4 Å². The Bertz CT molecular complexity index is 1010. The van der Waals surface area contributed by atoms with E-state index >= 15 is 0 Å². The molecule has 3 heterocycles. The van der Waals surface area contributed by atoms with Crippen LogP contribution in [0.15, 0.2) is 24.3 Å². The molecule has 2 aliphatic carbocycles. The van der Waals surface area contributed by atoms with Crippen LogP contribution in [0.4, 0.5) is 0 Å². The first kappa shape index (κ1) is 21.3. The Labute approximate surface area is 189 Å². The maximum atomic E-state index is 11.5. The van der Waals surface area contributed by atoms with Crippen molar-refractivity contribution in [2.45, 2.75) is 67.2 Å². The number of hydrogen-bond acceptors (Lipinski definition) is 9. The summed E-state index contributed by atoms with van der Waals surface area (Å²) in [5.74, 6) is 0.0673. The monoisotopic (exact) mass is 461 g/mol. The number of piperidine rings is 1. The Hall–Kier alpha value is -2.21. The lowest BCUT2D eigenvalue weighted by molar-refractivity contribution is -0.307. The van der Waals surface area contributed by atoms with E-state index in [0.29, 0.717) is 11.5 Å². The summed E-state index contributed by atoms with van der Waals surface area (Å²) < 4.78 is 23.6. The average molecular weight is 461 g/mol. The number of aliphatic hydroxyl groups excluding tert-OH is 3. The van der Waals surface area contributed by atoms with Crippen LogP contribution in [-0.4, -0.2) is 89.0 Å². The van der Waals surface area contributed by atoms with Gasteiger partial charge in [0, 0.05) is 22.9 Å². The molecule has 0 amide bonds. The van der Waals surface area contributed by atoms with E-state index in [2.05, 4.69) is 17.5 Å². The van der Waals surface area contributed by atoms with Crippen molar-refractivity contribution in [2.75, 3.05) is 13.7 Å². The predicted molar refractivity (Wildman–Crippen MR) is 111 cm³/mol. The zero-order valence-corrected chi connectivity index (χ0v) is 18.0. The number of aliphatic carboxylic acids is 1. The fraction of sp³-hybridized carbons (Fsp3) is 0.609. The van der Waals surface area contributed by atoms with Crippen molar-refractivity contribution in [3.8, 4) is 11.5 Å². The Morgan fingerprint density at radius 3 is 2.76 bits per heavy atom. The van der Waals surface area contributed by atoms with Crippen molar-refractivity contribution in [3.05, 3.63) is 35.4 Å². The van der Waals surface area contributed by atoms with Crippen molar-refractivity contribution in [3.63, 3.8) is 0 Å². The Morgan fingerprint density at radius 1 is 1.18 bits per heavy atom. The number of aliphatic hydroxyl groups is 3. The lowest BCUT2D eigenvalue weighted by atomic mass is 9.53. The number of ether oxygens (including phenoxy) is 4. The van der Waals surface area contributed by atoms with Gasteiger partial charge in [0.1, 0.15) is 30.5 Å². The molecule has 1 spiro atoms. The number of carboxylic acid groups (broad SMARTS) is 1. The highest BCUT2D eigenvalue weighted by molar-refractivity contribution is 5.73. The lowest BCUT2D eigenvalue weighted by Gasteiger charge is -2.54. The minimum Gasteiger partial charge on any atom is -0.493 e. The van der Waals surface area contributed by atoms with Crippen LogP contribution in [0.3, 0.4) is 0 Å². The molecule has 10 atom stereocenters. The van der Waals surface area contributed by atoms with Gasteiger partial charge in [-0.25, -0.2) is 4.79 Å². The molecule has 0 radical (unpaired) electrons. The fourth-order valence-electron chi connectivity index (χ4n) is 6.55. The smallest absolute Gasteiger partial charge is 0.335 e. The summed E-state index contributed by atoms with van der Waals surface area (Å²) in [6, 6.07) is 4.24. The molecule has 10 heteroatoms. The van der Waals surface area contributed by atoms with E-state index in [0.717, 1.165) is 24.9 Å². The first-order valence-electron chi connectivity index (χ1n) is 11.2. The lowest BCUT2D eigenvalue weighted by Crippen LogP contribution is -2.66. The fourth-order valence-corrected chi connectivity index (χ4v) is 6.55. The van der Waals surface area contributed by atoms with Gasteiger partial charge in [0.05, 0.1) is 7.11 Å². The first-order valence-corrected chi connectivity index (χ1v) is 11.2. The molecule has 2 fully saturated rings. The van der Waals surface area contributed by atoms with E-state index in [1.54, 1.807) is 7.11 Å². The molecule has 0 aromatic heterocycles. The molecule has 2 bridgehead atoms. The number of carboxylic acids is 1. The highest BCUT2D eigenvalue weighted by Crippen LogP contribution is 2.61. The number of hydrogen-bond donors (Lipinski definition) is 5. The number of methoxy groups -OCH3 is 1. The normalized spacial score (nSPS) is 44.7. The molecule has 0 saturated carbocycles. The van der Waals surface area contributed by atoms with Crippen molar-refractivity contribution < 1.29 is 44.2 Å². The molecule has 6 rings (SSSR count). The molecule has 2 saturated heterocycles. The van der Waals surface area contributed by atoms with E-state index in [9.17, 15) is 25.2 Å². The van der Waals surface area contributed by atoms with Gasteiger partial charge in [0.2, 0.25) is 0 Å². The maximum absolute atomic E-state index is 11.5. The van der Waals surface area contributed by atoms with Crippen LogP contribution in [0.1, 0.15) is 17.5 Å². The molecule has 3 aliphatic heterocycles. The number of carbonyl (C=O) groups is 1. The molecule has 5 N–H and O–H groups in total. The van der Waals surface area contributed by atoms with Crippen LogP contribution in [-0.2, 0) is 26.1 Å². The summed E-state index contributed by atoms with van der Waals surface area (Å²) in [5, 5.41) is 43.6. The topological polar surface area (TPSA) is 147 Å². The second kappa shape index (κ2) is 7.39. The summed E-state index contributed by atoms with van der Waals surface area (Å²) in [6.45, 7) is 0.812. The highest BCUT2D eigenvalue weighted by Gasteiger charge is 2.64. The van der Waals surface area contributed by atoms with E-state index in [1.807, 2.05) is 12.1 Å². The van der Waals surface area contributed by atoms with Crippen molar-refractivity contribution in [2.24, 2.45) is 5.92 Å². The Balaban J connectivity index is 1.38. The Kier molecular flexibility index (Phi) is 4.78. The van der Waals surface area contributed by atoms with Crippen LogP contribution < -0.4 is 14.8 Å². The van der Waals surface area contributed by atoms with Crippen molar-refractivity contribution >= 4 is 5.97 Å². The van der Waals surface area contributed by atoms with E-state index in [1.165, 1.54) is 5.56 Å². The van der Waals surface area contributed by atoms with Crippen LogP contribution in [0.25, 0.3) is 0 Å². The number of nitrogens with one attached hydrogen (secondary N) is 1. The molecule has 1 aromatic rings. The molecule has 3 unspecified atom stereocenters. The minimum atomic E-state index is -1.77. The van der Waals surface area contributed by atoms with E-state index in [4.69, 9.17) is 18.9 Å². The average Bonchev–Trinajstić information content (AvgIpc) is 3.14. The standard InChI is InChI=1S/C23H27NO9/c1-30-12-4-2-9-8-11-10-3-5-13(20-23(10,6-7-24-11)14(9)18(12)32-20)31-22-17(27)15(25)16(26)19(33-22)21(28)29/h2-5,10-11,13,15-17,19-20,22,24-27H,6-8H2,1H3,(H,28,29)/t10?,11?,13-,15-,16-,17+,19-,20-,22+,23?/m0/s1. The summed E-state index contributed by atoms with van der Waals surface area (Å²) in [6.07, 6.45) is -3.79. The first-order chi connectivity index (χ1) is 15.9. The third-order valence-electron chi connectivity index (χ3n) is 7.97. The van der Waals surface area contributed by atoms with Gasteiger partial charge in [-0.1, -0.05) is 18.2 Å². The molecular formula is C23H27NO9. The SMILES string of the molecule is COc1ccc2c3c1O[C@H]1[C@@H](O[C@@H]4O[C@H](C(=O)O)[C@@H](O)[C@H](O)[C@H]4O)C=CC4C(C2)NCCC341. The zero-order chi connectivity index (χ0) is 23.1. The molecular weight excluding hydrogens is 434 g/mol. The summed E-state index contributed by atoms with van der Waals surface area (Å²) in [4.78, 5) is 11.5. The van der Waals surface area contributed by atoms with Gasteiger partial charge in [0.25, 0.3) is 0 Å². The molecule has 10 nitrogen and oxygen atoms in total. The van der Waals surface area contributed by atoms with Gasteiger partial charge >= 0.3 is 5.97 Å². The quantitative estimate of drug-likeness (QED) is 0.357. The minimum absolute atomic E-state index is 0.174. The van der Waals surface area contributed by atoms with Crippen molar-refractivity contribution in [1.82, 2.24) is 5.32 Å². The van der Waals surface area contributed by atoms with Gasteiger partial charge in [-0.2, -0.15) is 0 Å². The summed E-state index contributed by atoms with van der Waals surface area (Å²) >= 11 is 0. The number of rotatable bonds is 4. The van der Waals surface area contributed by atoms with Gasteiger partial charge in [-0.05, 0) is 31.0 Å². The van der Waals surface area contributed by atoms with Crippen LogP contribution in [0.2, 0.25) is 0 Å². The third kappa shape index (κ3) is 2.79. The molecule has 33 heavy (non-hydrogen) atoms. The van der Waals surface area contributed by atoms with Gasteiger partial charge in [-0.3, -0.25) is 0 Å². The summed E-state index contributed by atoms with van der Waals surface area (Å²) in [7, 11) is 1.60.